The van der Waals surface area contributed by atoms with Gasteiger partial charge >= 0.3 is 20.1 Å². The molecule has 398 valence electrons. The number of hydrogen-bond donors (Lipinski definition) is 0. The van der Waals surface area contributed by atoms with E-state index in [4.69, 9.17) is 15.0 Å². The fourth-order valence-corrected chi connectivity index (χ4v) is 12.1. The normalized spacial score (nSPS) is 11.2. The first-order valence-electron chi connectivity index (χ1n) is 28.4. The molecule has 4 heteroatoms. The second kappa shape index (κ2) is 23.0. The van der Waals surface area contributed by atoms with Crippen LogP contribution in [0.2, 0.25) is 0 Å². The Balaban J connectivity index is 0.00000640. The van der Waals surface area contributed by atoms with Crippen LogP contribution >= 0.6 is 0 Å². The van der Waals surface area contributed by atoms with Crippen LogP contribution in [-0.2, 0) is 20.1 Å². The van der Waals surface area contributed by atoms with Crippen molar-refractivity contribution < 1.29 is 20.1 Å². The fourth-order valence-electron chi connectivity index (χ4n) is 12.1. The first-order valence-corrected chi connectivity index (χ1v) is 28.4. The van der Waals surface area contributed by atoms with Gasteiger partial charge in [-0.05, 0) is 163 Å². The summed E-state index contributed by atoms with van der Waals surface area (Å²) in [7, 11) is 0. The van der Waals surface area contributed by atoms with Gasteiger partial charge in [-0.25, -0.2) is 0 Å². The van der Waals surface area contributed by atoms with E-state index in [2.05, 4.69) is 249 Å². The van der Waals surface area contributed by atoms with Gasteiger partial charge in [0, 0.05) is 24.2 Å². The molecule has 15 rings (SSSR count). The second-order valence-electron chi connectivity index (χ2n) is 21.2. The molecule has 0 radical (unpaired) electrons. The maximum absolute atomic E-state index is 5.33. The molecular weight excluding hydrogens is 1210 g/mol. The average molecular weight is 1260 g/mol. The number of nitrogens with zero attached hydrogens (tertiary/aromatic N) is 3. The second-order valence-corrected chi connectivity index (χ2v) is 21.2. The van der Waals surface area contributed by atoms with Gasteiger partial charge in [0.15, 0.2) is 0 Å². The Hall–Kier alpha value is -10.5. The molecule has 0 saturated heterocycles. The molecule has 0 fully saturated rings. The van der Waals surface area contributed by atoms with E-state index in [-0.39, 0.29) is 20.1 Å². The smallest absolute Gasteiger partial charge is 0.304 e. The van der Waals surface area contributed by atoms with E-state index in [1.807, 2.05) is 73.1 Å². The van der Waals surface area contributed by atoms with Gasteiger partial charge in [-0.1, -0.05) is 182 Å². The van der Waals surface area contributed by atoms with Gasteiger partial charge in [0.1, 0.15) is 0 Å². The Morgan fingerprint density at radius 3 is 1.08 bits per heavy atom. The van der Waals surface area contributed by atoms with Crippen LogP contribution in [0.4, 0.5) is 0 Å². The van der Waals surface area contributed by atoms with Crippen LogP contribution < -0.4 is 0 Å². The number of fused-ring (bicyclic) bond motifs is 6. The van der Waals surface area contributed by atoms with E-state index in [0.717, 1.165) is 123 Å². The topological polar surface area (TPSA) is 38.7 Å². The number of hydrogen-bond acceptors (Lipinski definition) is 3. The summed E-state index contributed by atoms with van der Waals surface area (Å²) in [6.07, 6.45) is 6.07. The Morgan fingerprint density at radius 1 is 0.200 bits per heavy atom. The quantitative estimate of drug-likeness (QED) is 0.0957. The molecule has 0 amide bonds. The zero-order chi connectivity index (χ0) is 55.8. The number of benzene rings is 12. The largest absolute Gasteiger partial charge is 3.00 e. The molecule has 0 atom stereocenters. The molecule has 0 spiro atoms. The Labute approximate surface area is 508 Å². The third kappa shape index (κ3) is 10.1. The summed E-state index contributed by atoms with van der Waals surface area (Å²) in [4.78, 5) is 15.3. The van der Waals surface area contributed by atoms with Crippen LogP contribution in [0.3, 0.4) is 0 Å². The van der Waals surface area contributed by atoms with Crippen molar-refractivity contribution in [2.24, 2.45) is 0 Å². The van der Waals surface area contributed by atoms with Crippen LogP contribution in [-0.4, -0.2) is 15.0 Å². The van der Waals surface area contributed by atoms with Crippen molar-refractivity contribution in [1.29, 1.82) is 0 Å². The number of aromatic nitrogens is 3. The van der Waals surface area contributed by atoms with E-state index in [1.54, 1.807) is 0 Å². The predicted octanol–water partition coefficient (Wildman–Crippen LogP) is 21.1. The minimum absolute atomic E-state index is 0. The van der Waals surface area contributed by atoms with Crippen molar-refractivity contribution in [3.63, 3.8) is 0 Å². The molecule has 0 bridgehead atoms. The standard InChI is InChI=1S/C81H50N3.Ir/c1-5-21-54(22-6-1)58-37-41-69(76(48-58)78-53-84-81(57-27-11-4-12-28-57)50-75(78)59-38-42-74-72-35-18-17-33-70(72)71-34-19-20-36-73(71)77(74)49-59)64-46-62(67-31-15-13-29-65(67)60-39-43-79(82-51-60)55-23-7-2-8-24-55)45-63(47-64)68-32-16-14-30-66(68)61-40-44-80(83-52-61)56-25-9-3-10-26-56;/h1-23,25,27,29-53H;/q-3;+3. The summed E-state index contributed by atoms with van der Waals surface area (Å²) in [5.74, 6) is 0. The van der Waals surface area contributed by atoms with Crippen molar-refractivity contribution in [1.82, 2.24) is 15.0 Å². The zero-order valence-corrected chi connectivity index (χ0v) is 48.4. The van der Waals surface area contributed by atoms with E-state index in [1.165, 1.54) is 32.3 Å². The minimum atomic E-state index is 0. The molecule has 15 aromatic rings. The molecule has 0 saturated carbocycles. The molecule has 85 heavy (non-hydrogen) atoms. The van der Waals surface area contributed by atoms with Crippen molar-refractivity contribution in [3.05, 3.63) is 322 Å². The molecule has 0 aliphatic carbocycles. The van der Waals surface area contributed by atoms with Gasteiger partial charge in [0.25, 0.3) is 0 Å². The van der Waals surface area contributed by atoms with Crippen LogP contribution in [0.25, 0.3) is 155 Å². The summed E-state index contributed by atoms with van der Waals surface area (Å²) in [5.41, 5.74) is 22.6. The Bertz CT molecular complexity index is 4730. The molecule has 0 unspecified atom stereocenters. The van der Waals surface area contributed by atoms with Crippen molar-refractivity contribution in [3.8, 4) is 123 Å². The SMILES string of the molecule is [Ir+3].[c-]1ccccc1-c1ccc(-c2ccccc2-c2cc(-c3ccccc3-c3ccc(-c4[c-]cccc4)nc3)cc(-c3ccc(-c4ccccc4)cc3-c3cnc(-c4[c-]cccc4)cc3-c3ccc4c5ccccc5c5ccccc5c4c3)c2)cn1. The van der Waals surface area contributed by atoms with Crippen molar-refractivity contribution in [2.75, 3.05) is 0 Å². The average Bonchev–Trinajstić information content (AvgIpc) is 1.81. The fraction of sp³-hybridized carbons (Fsp3) is 0. The molecule has 12 aromatic carbocycles. The van der Waals surface area contributed by atoms with Gasteiger partial charge in [0.2, 0.25) is 0 Å². The van der Waals surface area contributed by atoms with Crippen molar-refractivity contribution >= 4 is 32.3 Å². The van der Waals surface area contributed by atoms with Crippen LogP contribution in [0, 0.1) is 18.2 Å². The first kappa shape index (κ1) is 52.6. The molecule has 0 N–H and O–H groups in total. The molecule has 3 aromatic heterocycles. The van der Waals surface area contributed by atoms with Gasteiger partial charge in [-0.2, -0.15) is 0 Å². The van der Waals surface area contributed by atoms with E-state index >= 15 is 0 Å². The predicted molar refractivity (Wildman–Crippen MR) is 349 cm³/mol. The van der Waals surface area contributed by atoms with Gasteiger partial charge in [0.05, 0.1) is 0 Å². The number of rotatable bonds is 11. The third-order valence-corrected chi connectivity index (χ3v) is 16.2. The molecule has 3 nitrogen and oxygen atoms in total. The summed E-state index contributed by atoms with van der Waals surface area (Å²) in [6, 6.07) is 112. The first-order chi connectivity index (χ1) is 41.6. The third-order valence-electron chi connectivity index (χ3n) is 16.2. The maximum Gasteiger partial charge on any atom is 3.00 e. The minimum Gasteiger partial charge on any atom is -0.304 e. The number of pyridine rings is 3. The summed E-state index contributed by atoms with van der Waals surface area (Å²) < 4.78 is 0. The van der Waals surface area contributed by atoms with Crippen LogP contribution in [0.1, 0.15) is 0 Å². The summed E-state index contributed by atoms with van der Waals surface area (Å²) in [5, 5.41) is 7.38. The van der Waals surface area contributed by atoms with Gasteiger partial charge in [-0.15, -0.1) is 108 Å². The van der Waals surface area contributed by atoms with E-state index in [0.29, 0.717) is 0 Å². The molecule has 0 aliphatic heterocycles. The monoisotopic (exact) mass is 1260 g/mol. The summed E-state index contributed by atoms with van der Waals surface area (Å²) >= 11 is 0. The molecule has 0 aliphatic rings. The van der Waals surface area contributed by atoms with Crippen molar-refractivity contribution in [2.45, 2.75) is 0 Å². The molecular formula is C81H50IrN3. The van der Waals surface area contributed by atoms with Crippen LogP contribution in [0.15, 0.2) is 304 Å². The zero-order valence-electron chi connectivity index (χ0n) is 46.0. The van der Waals surface area contributed by atoms with Crippen LogP contribution in [0.5, 0.6) is 0 Å². The summed E-state index contributed by atoms with van der Waals surface area (Å²) in [6.45, 7) is 0. The Morgan fingerprint density at radius 2 is 0.600 bits per heavy atom. The van der Waals surface area contributed by atoms with Gasteiger partial charge < -0.3 is 15.0 Å². The Kier molecular flexibility index (Phi) is 14.3. The molecule has 3 heterocycles. The maximum atomic E-state index is 5.33. The van der Waals surface area contributed by atoms with E-state index < -0.39 is 0 Å². The van der Waals surface area contributed by atoms with Gasteiger partial charge in [-0.3, -0.25) is 0 Å². The van der Waals surface area contributed by atoms with E-state index in [9.17, 15) is 0 Å².